The normalized spacial score (nSPS) is 14.6. The van der Waals surface area contributed by atoms with Crippen molar-refractivity contribution in [2.75, 3.05) is 31.2 Å². The third-order valence-electron chi connectivity index (χ3n) is 4.84. The Kier molecular flexibility index (Phi) is 5.90. The second kappa shape index (κ2) is 8.38. The highest BCUT2D eigenvalue weighted by Crippen LogP contribution is 2.26. The van der Waals surface area contributed by atoms with Gasteiger partial charge in [0, 0.05) is 32.3 Å². The standard InChI is InChI=1S/C19H21F2N5O3/c1-10(27)26-7-5-11(6-8-26)24-19-23-9-12(18(22)25-19)17(28)15-13(20)3-4-14(29-2)16(15)21/h3-4,9,11H,5-8H2,1-2H3,(H3,22,23,24,25). The summed E-state index contributed by atoms with van der Waals surface area (Å²) in [5.41, 5.74) is 4.86. The molecule has 0 aliphatic carbocycles. The summed E-state index contributed by atoms with van der Waals surface area (Å²) in [6, 6.07) is 2.07. The Balaban J connectivity index is 1.77. The number of nitrogens with two attached hydrogens (primary N) is 1. The van der Waals surface area contributed by atoms with Gasteiger partial charge in [0.05, 0.1) is 18.2 Å². The maximum Gasteiger partial charge on any atom is 0.224 e. The van der Waals surface area contributed by atoms with Gasteiger partial charge in [-0.15, -0.1) is 0 Å². The molecule has 0 unspecified atom stereocenters. The minimum absolute atomic E-state index is 0.0313. The molecular formula is C19H21F2N5O3. The van der Waals surface area contributed by atoms with E-state index in [1.54, 1.807) is 4.90 Å². The summed E-state index contributed by atoms with van der Waals surface area (Å²) in [6.07, 6.45) is 2.56. The Bertz CT molecular complexity index is 946. The summed E-state index contributed by atoms with van der Waals surface area (Å²) < 4.78 is 33.2. The number of amides is 1. The van der Waals surface area contributed by atoms with Crippen molar-refractivity contribution >= 4 is 23.5 Å². The average Bonchev–Trinajstić information content (AvgIpc) is 2.68. The van der Waals surface area contributed by atoms with Crippen molar-refractivity contribution in [3.05, 3.63) is 41.1 Å². The van der Waals surface area contributed by atoms with E-state index in [4.69, 9.17) is 10.5 Å². The van der Waals surface area contributed by atoms with Gasteiger partial charge in [-0.1, -0.05) is 0 Å². The lowest BCUT2D eigenvalue weighted by Crippen LogP contribution is -2.41. The van der Waals surface area contributed by atoms with Gasteiger partial charge in [-0.05, 0) is 25.0 Å². The van der Waals surface area contributed by atoms with Crippen LogP contribution in [0.3, 0.4) is 0 Å². The van der Waals surface area contributed by atoms with E-state index < -0.39 is 23.0 Å². The lowest BCUT2D eigenvalue weighted by Gasteiger charge is -2.31. The first-order chi connectivity index (χ1) is 13.8. The summed E-state index contributed by atoms with van der Waals surface area (Å²) in [4.78, 5) is 33.9. The van der Waals surface area contributed by atoms with Crippen LogP contribution in [0.5, 0.6) is 5.75 Å². The topological polar surface area (TPSA) is 110 Å². The van der Waals surface area contributed by atoms with Crippen LogP contribution in [0.4, 0.5) is 20.5 Å². The Morgan fingerprint density at radius 1 is 1.28 bits per heavy atom. The molecule has 3 rings (SSSR count). The summed E-state index contributed by atoms with van der Waals surface area (Å²) >= 11 is 0. The number of aromatic nitrogens is 2. The number of rotatable bonds is 5. The molecule has 0 radical (unpaired) electrons. The van der Waals surface area contributed by atoms with Gasteiger partial charge in [0.15, 0.2) is 11.6 Å². The zero-order valence-electron chi connectivity index (χ0n) is 16.0. The van der Waals surface area contributed by atoms with Gasteiger partial charge in [-0.25, -0.2) is 13.8 Å². The minimum Gasteiger partial charge on any atom is -0.494 e. The zero-order valence-corrected chi connectivity index (χ0v) is 16.0. The monoisotopic (exact) mass is 405 g/mol. The highest BCUT2D eigenvalue weighted by Gasteiger charge is 2.26. The predicted molar refractivity (Wildman–Crippen MR) is 102 cm³/mol. The van der Waals surface area contributed by atoms with E-state index in [9.17, 15) is 18.4 Å². The van der Waals surface area contributed by atoms with Crippen molar-refractivity contribution in [2.45, 2.75) is 25.8 Å². The highest BCUT2D eigenvalue weighted by atomic mass is 19.1. The smallest absolute Gasteiger partial charge is 0.224 e. The molecule has 1 fully saturated rings. The second-order valence-corrected chi connectivity index (χ2v) is 6.68. The molecular weight excluding hydrogens is 384 g/mol. The Morgan fingerprint density at radius 3 is 2.55 bits per heavy atom. The second-order valence-electron chi connectivity index (χ2n) is 6.68. The fourth-order valence-electron chi connectivity index (χ4n) is 3.19. The molecule has 2 heterocycles. The lowest BCUT2D eigenvalue weighted by molar-refractivity contribution is -0.129. The van der Waals surface area contributed by atoms with Crippen LogP contribution in [-0.2, 0) is 4.79 Å². The number of benzene rings is 1. The highest BCUT2D eigenvalue weighted by molar-refractivity contribution is 6.12. The fraction of sp³-hybridized carbons (Fsp3) is 0.368. The third-order valence-corrected chi connectivity index (χ3v) is 4.84. The molecule has 1 saturated heterocycles. The van der Waals surface area contributed by atoms with Crippen molar-refractivity contribution in [1.82, 2.24) is 14.9 Å². The number of ether oxygens (including phenoxy) is 1. The number of nitrogens with zero attached hydrogens (tertiary/aromatic N) is 3. The van der Waals surface area contributed by atoms with Crippen LogP contribution >= 0.6 is 0 Å². The largest absolute Gasteiger partial charge is 0.494 e. The van der Waals surface area contributed by atoms with Crippen molar-refractivity contribution in [3.8, 4) is 5.75 Å². The summed E-state index contributed by atoms with van der Waals surface area (Å²) in [5.74, 6) is -3.35. The van der Waals surface area contributed by atoms with Crippen LogP contribution in [0.25, 0.3) is 0 Å². The predicted octanol–water partition coefficient (Wildman–Crippen LogP) is 2.00. The number of ketones is 1. The quantitative estimate of drug-likeness (QED) is 0.732. The first-order valence-corrected chi connectivity index (χ1v) is 9.03. The SMILES string of the molecule is COc1ccc(F)c(C(=O)c2cnc(NC3CCN(C(C)=O)CC3)nc2N)c1F. The molecule has 29 heavy (non-hydrogen) atoms. The van der Waals surface area contributed by atoms with Crippen molar-refractivity contribution < 1.29 is 23.1 Å². The molecule has 10 heteroatoms. The van der Waals surface area contributed by atoms with E-state index >= 15 is 0 Å². The van der Waals surface area contributed by atoms with Crippen LogP contribution < -0.4 is 15.8 Å². The Labute approximate surface area is 166 Å². The van der Waals surface area contributed by atoms with E-state index in [0.717, 1.165) is 18.3 Å². The van der Waals surface area contributed by atoms with Crippen LogP contribution in [-0.4, -0.2) is 52.8 Å². The Hall–Kier alpha value is -3.30. The van der Waals surface area contributed by atoms with E-state index in [2.05, 4.69) is 15.3 Å². The fourth-order valence-corrected chi connectivity index (χ4v) is 3.19. The van der Waals surface area contributed by atoms with Crippen LogP contribution in [0.2, 0.25) is 0 Å². The van der Waals surface area contributed by atoms with Gasteiger partial charge < -0.3 is 20.7 Å². The number of halogens is 2. The molecule has 3 N–H and O–H groups in total. The summed E-state index contributed by atoms with van der Waals surface area (Å²) in [5, 5.41) is 3.11. The molecule has 8 nitrogen and oxygen atoms in total. The lowest BCUT2D eigenvalue weighted by atomic mass is 10.0. The average molecular weight is 405 g/mol. The van der Waals surface area contributed by atoms with Crippen LogP contribution in [0.1, 0.15) is 35.7 Å². The van der Waals surface area contributed by atoms with Gasteiger partial charge in [0.1, 0.15) is 11.6 Å². The molecule has 1 amide bonds. The van der Waals surface area contributed by atoms with E-state index in [1.807, 2.05) is 0 Å². The number of hydrogen-bond donors (Lipinski definition) is 2. The number of nitrogens with one attached hydrogen (secondary N) is 1. The zero-order chi connectivity index (χ0) is 21.1. The van der Waals surface area contributed by atoms with Crippen molar-refractivity contribution in [3.63, 3.8) is 0 Å². The molecule has 0 spiro atoms. The molecule has 0 saturated carbocycles. The van der Waals surface area contributed by atoms with Crippen molar-refractivity contribution in [2.24, 2.45) is 0 Å². The molecule has 1 aromatic heterocycles. The summed E-state index contributed by atoms with van der Waals surface area (Å²) in [7, 11) is 1.21. The molecule has 0 bridgehead atoms. The number of carbonyl (C=O) groups is 2. The molecule has 2 aromatic rings. The van der Waals surface area contributed by atoms with Gasteiger partial charge in [-0.2, -0.15) is 4.98 Å². The molecule has 154 valence electrons. The minimum atomic E-state index is -1.11. The third kappa shape index (κ3) is 4.25. The molecule has 1 aromatic carbocycles. The first-order valence-electron chi connectivity index (χ1n) is 9.03. The van der Waals surface area contributed by atoms with Crippen LogP contribution in [0.15, 0.2) is 18.3 Å². The molecule has 1 aliphatic heterocycles. The number of likely N-dealkylation sites (tertiary alicyclic amines) is 1. The van der Waals surface area contributed by atoms with E-state index in [-0.39, 0.29) is 35.0 Å². The van der Waals surface area contributed by atoms with Gasteiger partial charge >= 0.3 is 0 Å². The summed E-state index contributed by atoms with van der Waals surface area (Å²) in [6.45, 7) is 2.77. The van der Waals surface area contributed by atoms with E-state index in [0.29, 0.717) is 25.9 Å². The Morgan fingerprint density at radius 2 is 1.97 bits per heavy atom. The van der Waals surface area contributed by atoms with Crippen molar-refractivity contribution in [1.29, 1.82) is 0 Å². The number of nitrogen functional groups attached to an aromatic ring is 1. The number of piperidine rings is 1. The van der Waals surface area contributed by atoms with Gasteiger partial charge in [-0.3, -0.25) is 9.59 Å². The molecule has 1 aliphatic rings. The maximum atomic E-state index is 14.4. The van der Waals surface area contributed by atoms with E-state index in [1.165, 1.54) is 14.0 Å². The number of anilines is 2. The van der Waals surface area contributed by atoms with Crippen LogP contribution in [0, 0.1) is 11.6 Å². The number of hydrogen-bond acceptors (Lipinski definition) is 7. The van der Waals surface area contributed by atoms with Gasteiger partial charge in [0.25, 0.3) is 0 Å². The number of carbonyl (C=O) groups excluding carboxylic acids is 2. The molecule has 0 atom stereocenters. The first kappa shape index (κ1) is 20.4. The maximum absolute atomic E-state index is 14.4. The number of methoxy groups -OCH3 is 1. The van der Waals surface area contributed by atoms with Gasteiger partial charge in [0.2, 0.25) is 17.6 Å².